The van der Waals surface area contributed by atoms with Crippen LogP contribution in [0.25, 0.3) is 0 Å². The van der Waals surface area contributed by atoms with Crippen molar-refractivity contribution in [3.8, 4) is 5.75 Å². The predicted molar refractivity (Wildman–Crippen MR) is 118 cm³/mol. The maximum atomic E-state index is 13.9. The molecule has 0 aromatic heterocycles. The lowest BCUT2D eigenvalue weighted by Crippen LogP contribution is -2.38. The Morgan fingerprint density at radius 3 is 2.35 bits per heavy atom. The van der Waals surface area contributed by atoms with Crippen LogP contribution in [0.1, 0.15) is 34.3 Å². The average molecular weight is 449 g/mol. The minimum atomic E-state index is -3.16. The normalized spacial score (nSPS) is 15.1. The van der Waals surface area contributed by atoms with E-state index < -0.39 is 15.8 Å². The fraction of sp³-hybridized carbons (Fsp3) is 0.435. The SMILES string of the molecule is COc1ccc(C(=O)N2CCC(Cc3ccc(CCNS(C)(=O)=O)cc3)CC2)cc1F. The first-order valence-corrected chi connectivity index (χ1v) is 12.3. The van der Waals surface area contributed by atoms with Gasteiger partial charge in [0.1, 0.15) is 0 Å². The van der Waals surface area contributed by atoms with Gasteiger partial charge in [-0.15, -0.1) is 0 Å². The molecule has 1 heterocycles. The van der Waals surface area contributed by atoms with Gasteiger partial charge in [-0.25, -0.2) is 17.5 Å². The number of likely N-dealkylation sites (tertiary alicyclic amines) is 1. The van der Waals surface area contributed by atoms with Gasteiger partial charge in [0.2, 0.25) is 10.0 Å². The van der Waals surface area contributed by atoms with E-state index in [0.717, 1.165) is 31.1 Å². The summed E-state index contributed by atoms with van der Waals surface area (Å²) in [5, 5.41) is 0. The molecule has 1 aliphatic rings. The molecular formula is C23H29FN2O4S. The van der Waals surface area contributed by atoms with E-state index in [1.807, 2.05) is 12.1 Å². The number of carbonyl (C=O) groups excluding carboxylic acids is 1. The Kier molecular flexibility index (Phi) is 7.67. The van der Waals surface area contributed by atoms with Gasteiger partial charge in [0, 0.05) is 25.2 Å². The minimum Gasteiger partial charge on any atom is -0.494 e. The molecule has 2 aromatic carbocycles. The molecule has 1 fully saturated rings. The standard InChI is InChI=1S/C23H29FN2O4S/c1-30-22-8-7-20(16-21(22)24)23(27)26-13-10-19(11-14-26)15-18-5-3-17(4-6-18)9-12-25-31(2,28)29/h3-8,16,19,25H,9-15H2,1-2H3. The smallest absolute Gasteiger partial charge is 0.253 e. The monoisotopic (exact) mass is 448 g/mol. The number of carbonyl (C=O) groups is 1. The van der Waals surface area contributed by atoms with Crippen molar-refractivity contribution in [3.63, 3.8) is 0 Å². The fourth-order valence-electron chi connectivity index (χ4n) is 3.88. The summed E-state index contributed by atoms with van der Waals surface area (Å²) in [5.74, 6) is -0.0480. The molecule has 0 atom stereocenters. The first-order valence-electron chi connectivity index (χ1n) is 10.4. The molecule has 0 radical (unpaired) electrons. The Hall–Kier alpha value is -2.45. The lowest BCUT2D eigenvalue weighted by atomic mass is 9.89. The third-order valence-electron chi connectivity index (χ3n) is 5.63. The third kappa shape index (κ3) is 6.77. The summed E-state index contributed by atoms with van der Waals surface area (Å²) in [6, 6.07) is 12.6. The number of rotatable bonds is 8. The molecule has 3 rings (SSSR count). The number of amides is 1. The van der Waals surface area contributed by atoms with Crippen molar-refractivity contribution in [1.82, 2.24) is 9.62 Å². The van der Waals surface area contributed by atoms with Crippen LogP contribution in [0.4, 0.5) is 4.39 Å². The van der Waals surface area contributed by atoms with Gasteiger partial charge in [-0.3, -0.25) is 4.79 Å². The highest BCUT2D eigenvalue weighted by atomic mass is 32.2. The molecule has 1 N–H and O–H groups in total. The van der Waals surface area contributed by atoms with E-state index in [1.165, 1.54) is 24.8 Å². The Labute approximate surface area is 183 Å². The number of piperidine rings is 1. The van der Waals surface area contributed by atoms with Crippen molar-refractivity contribution in [1.29, 1.82) is 0 Å². The second-order valence-corrected chi connectivity index (χ2v) is 9.86. The van der Waals surface area contributed by atoms with E-state index in [1.54, 1.807) is 11.0 Å². The van der Waals surface area contributed by atoms with Gasteiger partial charge in [0.15, 0.2) is 11.6 Å². The number of nitrogens with one attached hydrogen (secondary N) is 1. The maximum Gasteiger partial charge on any atom is 0.253 e. The van der Waals surface area contributed by atoms with Crippen LogP contribution in [0.5, 0.6) is 5.75 Å². The van der Waals surface area contributed by atoms with Crippen LogP contribution in [0, 0.1) is 11.7 Å². The summed E-state index contributed by atoms with van der Waals surface area (Å²) in [6.45, 7) is 1.71. The molecule has 0 aliphatic carbocycles. The number of ether oxygens (including phenoxy) is 1. The molecule has 31 heavy (non-hydrogen) atoms. The highest BCUT2D eigenvalue weighted by Crippen LogP contribution is 2.24. The van der Waals surface area contributed by atoms with Crippen molar-refractivity contribution in [2.45, 2.75) is 25.7 Å². The largest absolute Gasteiger partial charge is 0.494 e. The average Bonchev–Trinajstić information content (AvgIpc) is 2.74. The Balaban J connectivity index is 1.47. The molecular weight excluding hydrogens is 419 g/mol. The first kappa shape index (κ1) is 23.2. The molecule has 168 valence electrons. The number of benzene rings is 2. The molecule has 0 unspecified atom stereocenters. The molecule has 6 nitrogen and oxygen atoms in total. The van der Waals surface area contributed by atoms with Gasteiger partial charge in [0.25, 0.3) is 5.91 Å². The van der Waals surface area contributed by atoms with Crippen molar-refractivity contribution >= 4 is 15.9 Å². The Morgan fingerprint density at radius 1 is 1.13 bits per heavy atom. The highest BCUT2D eigenvalue weighted by Gasteiger charge is 2.24. The summed E-state index contributed by atoms with van der Waals surface area (Å²) in [5.41, 5.74) is 2.67. The van der Waals surface area contributed by atoms with Crippen LogP contribution in [0.2, 0.25) is 0 Å². The fourth-order valence-corrected chi connectivity index (χ4v) is 4.35. The molecule has 1 aliphatic heterocycles. The van der Waals surface area contributed by atoms with Crippen molar-refractivity contribution < 1.29 is 22.3 Å². The van der Waals surface area contributed by atoms with E-state index in [4.69, 9.17) is 4.74 Å². The molecule has 2 aromatic rings. The van der Waals surface area contributed by atoms with Crippen LogP contribution in [-0.4, -0.2) is 52.2 Å². The van der Waals surface area contributed by atoms with E-state index in [-0.39, 0.29) is 11.7 Å². The molecule has 0 spiro atoms. The highest BCUT2D eigenvalue weighted by molar-refractivity contribution is 7.88. The zero-order valence-electron chi connectivity index (χ0n) is 17.9. The maximum absolute atomic E-state index is 13.9. The van der Waals surface area contributed by atoms with Crippen LogP contribution in [0.3, 0.4) is 0 Å². The summed E-state index contributed by atoms with van der Waals surface area (Å²) in [7, 11) is -1.76. The second kappa shape index (κ2) is 10.2. The number of hydrogen-bond donors (Lipinski definition) is 1. The second-order valence-electron chi connectivity index (χ2n) is 8.02. The van der Waals surface area contributed by atoms with E-state index in [9.17, 15) is 17.6 Å². The van der Waals surface area contributed by atoms with Crippen molar-refractivity contribution in [2.75, 3.05) is 33.0 Å². The molecule has 8 heteroatoms. The number of hydrogen-bond acceptors (Lipinski definition) is 4. The Morgan fingerprint density at radius 2 is 1.77 bits per heavy atom. The van der Waals surface area contributed by atoms with Gasteiger partial charge in [0.05, 0.1) is 13.4 Å². The van der Waals surface area contributed by atoms with Crippen LogP contribution < -0.4 is 9.46 Å². The lowest BCUT2D eigenvalue weighted by Gasteiger charge is -2.32. The number of sulfonamides is 1. The van der Waals surface area contributed by atoms with Gasteiger partial charge in [-0.05, 0) is 60.9 Å². The zero-order valence-corrected chi connectivity index (χ0v) is 18.8. The molecule has 1 saturated heterocycles. The van der Waals surface area contributed by atoms with Gasteiger partial charge in [-0.1, -0.05) is 24.3 Å². The van der Waals surface area contributed by atoms with Crippen molar-refractivity contribution in [2.24, 2.45) is 5.92 Å². The molecule has 0 bridgehead atoms. The predicted octanol–water partition coefficient (Wildman–Crippen LogP) is 3.02. The number of halogens is 1. The molecule has 1 amide bonds. The molecule has 0 saturated carbocycles. The zero-order chi connectivity index (χ0) is 22.4. The van der Waals surface area contributed by atoms with Crippen LogP contribution in [0.15, 0.2) is 42.5 Å². The summed E-state index contributed by atoms with van der Waals surface area (Å²) in [4.78, 5) is 14.5. The summed E-state index contributed by atoms with van der Waals surface area (Å²) >= 11 is 0. The number of nitrogens with zero attached hydrogens (tertiary/aromatic N) is 1. The minimum absolute atomic E-state index is 0.132. The quantitative estimate of drug-likeness (QED) is 0.674. The first-order chi connectivity index (χ1) is 14.7. The van der Waals surface area contributed by atoms with Gasteiger partial charge >= 0.3 is 0 Å². The van der Waals surface area contributed by atoms with Crippen LogP contribution >= 0.6 is 0 Å². The van der Waals surface area contributed by atoms with E-state index >= 15 is 0 Å². The van der Waals surface area contributed by atoms with Crippen molar-refractivity contribution in [3.05, 3.63) is 65.0 Å². The van der Waals surface area contributed by atoms with Gasteiger partial charge in [-0.2, -0.15) is 0 Å². The van der Waals surface area contributed by atoms with Crippen LogP contribution in [-0.2, 0) is 22.9 Å². The lowest BCUT2D eigenvalue weighted by molar-refractivity contribution is 0.0690. The topological polar surface area (TPSA) is 75.7 Å². The third-order valence-corrected chi connectivity index (χ3v) is 6.35. The number of methoxy groups -OCH3 is 1. The van der Waals surface area contributed by atoms with E-state index in [2.05, 4.69) is 16.9 Å². The summed E-state index contributed by atoms with van der Waals surface area (Å²) < 4.78 is 43.6. The Bertz CT molecular complexity index is 1000. The van der Waals surface area contributed by atoms with E-state index in [0.29, 0.717) is 37.5 Å². The summed E-state index contributed by atoms with van der Waals surface area (Å²) in [6.07, 6.45) is 4.57. The van der Waals surface area contributed by atoms with Gasteiger partial charge < -0.3 is 9.64 Å².